The monoisotopic (exact) mass is 300 g/mol. The van der Waals surface area contributed by atoms with Gasteiger partial charge in [-0.3, -0.25) is 0 Å². The summed E-state index contributed by atoms with van der Waals surface area (Å²) in [7, 11) is -1.47. The van der Waals surface area contributed by atoms with E-state index < -0.39 is 10.0 Å². The minimum Gasteiger partial charge on any atom is -0.392 e. The molecule has 0 aliphatic heterocycles. The van der Waals surface area contributed by atoms with E-state index in [2.05, 4.69) is 23.5 Å². The van der Waals surface area contributed by atoms with Crippen LogP contribution in [-0.4, -0.2) is 44.6 Å². The molecule has 0 spiro atoms. The fourth-order valence-corrected chi connectivity index (χ4v) is 2.83. The van der Waals surface area contributed by atoms with Gasteiger partial charge in [-0.2, -0.15) is 0 Å². The maximum Gasteiger partial charge on any atom is 0.240 e. The van der Waals surface area contributed by atoms with Gasteiger partial charge in [0, 0.05) is 12.6 Å². The van der Waals surface area contributed by atoms with Gasteiger partial charge in [-0.15, -0.1) is 0 Å². The summed E-state index contributed by atoms with van der Waals surface area (Å²) in [4.78, 5) is 2.36. The minimum absolute atomic E-state index is 0.164. The first-order chi connectivity index (χ1) is 9.36. The summed E-state index contributed by atoms with van der Waals surface area (Å²) in [5, 5.41) is 9.03. The number of nitrogens with zero attached hydrogens (tertiary/aromatic N) is 1. The summed E-state index contributed by atoms with van der Waals surface area (Å²) in [6.07, 6.45) is 0.758. The predicted molar refractivity (Wildman–Crippen MR) is 79.9 cm³/mol. The molecule has 0 unspecified atom stereocenters. The maximum atomic E-state index is 12.1. The third-order valence-electron chi connectivity index (χ3n) is 3.25. The molecule has 20 heavy (non-hydrogen) atoms. The minimum atomic E-state index is -3.49. The number of benzene rings is 1. The number of aliphatic hydroxyl groups is 1. The standard InChI is InChI=1S/C14H24N2O3S/c1-12(2)16(3)9-5-8-15-20(18,19)14-7-4-6-13(10-14)11-17/h4,6-7,10,12,15,17H,5,8-9,11H2,1-3H3. The fourth-order valence-electron chi connectivity index (χ4n) is 1.69. The van der Waals surface area contributed by atoms with Crippen molar-refractivity contribution in [2.24, 2.45) is 0 Å². The van der Waals surface area contributed by atoms with Gasteiger partial charge in [-0.05, 0) is 51.6 Å². The molecular formula is C14H24N2O3S. The average molecular weight is 300 g/mol. The summed E-state index contributed by atoms with van der Waals surface area (Å²) in [5.41, 5.74) is 0.590. The Bertz CT molecular complexity index is 515. The molecule has 0 heterocycles. The Morgan fingerprint density at radius 2 is 2.05 bits per heavy atom. The largest absolute Gasteiger partial charge is 0.392 e. The van der Waals surface area contributed by atoms with Crippen LogP contribution < -0.4 is 4.72 Å². The molecule has 0 aliphatic carbocycles. The zero-order valence-corrected chi connectivity index (χ0v) is 13.2. The van der Waals surface area contributed by atoms with Crippen molar-refractivity contribution in [3.05, 3.63) is 29.8 Å². The summed E-state index contributed by atoms with van der Waals surface area (Å²) in [5.74, 6) is 0. The molecule has 6 heteroatoms. The number of nitrogens with one attached hydrogen (secondary N) is 1. The molecule has 2 N–H and O–H groups in total. The number of hydrogen-bond acceptors (Lipinski definition) is 4. The highest BCUT2D eigenvalue weighted by atomic mass is 32.2. The van der Waals surface area contributed by atoms with Gasteiger partial charge in [0.2, 0.25) is 10.0 Å². The van der Waals surface area contributed by atoms with E-state index >= 15 is 0 Å². The molecule has 114 valence electrons. The topological polar surface area (TPSA) is 69.6 Å². The van der Waals surface area contributed by atoms with Gasteiger partial charge in [0.25, 0.3) is 0 Å². The molecule has 5 nitrogen and oxygen atoms in total. The Morgan fingerprint density at radius 3 is 2.65 bits per heavy atom. The van der Waals surface area contributed by atoms with Crippen LogP contribution in [0.2, 0.25) is 0 Å². The highest BCUT2D eigenvalue weighted by Crippen LogP contribution is 2.11. The van der Waals surface area contributed by atoms with E-state index in [-0.39, 0.29) is 11.5 Å². The summed E-state index contributed by atoms with van der Waals surface area (Å²) in [6, 6.07) is 6.79. The van der Waals surface area contributed by atoms with Crippen LogP contribution >= 0.6 is 0 Å². The summed E-state index contributed by atoms with van der Waals surface area (Å²) in [6.45, 7) is 5.29. The lowest BCUT2D eigenvalue weighted by atomic mass is 10.2. The first kappa shape index (κ1) is 17.1. The number of sulfonamides is 1. The van der Waals surface area contributed by atoms with Crippen molar-refractivity contribution in [1.29, 1.82) is 0 Å². The van der Waals surface area contributed by atoms with Crippen LogP contribution in [0.5, 0.6) is 0 Å². The molecule has 0 radical (unpaired) electrons. The van der Waals surface area contributed by atoms with Gasteiger partial charge in [0.05, 0.1) is 11.5 Å². The Kier molecular flexibility index (Phi) is 6.61. The van der Waals surface area contributed by atoms with Gasteiger partial charge in [0.15, 0.2) is 0 Å². The van der Waals surface area contributed by atoms with Gasteiger partial charge in [-0.25, -0.2) is 13.1 Å². The van der Waals surface area contributed by atoms with E-state index in [0.717, 1.165) is 13.0 Å². The van der Waals surface area contributed by atoms with Crippen molar-refractivity contribution in [3.8, 4) is 0 Å². The van der Waals surface area contributed by atoms with Crippen LogP contribution in [0.1, 0.15) is 25.8 Å². The molecule has 0 saturated heterocycles. The SMILES string of the molecule is CC(C)N(C)CCCNS(=O)(=O)c1cccc(CO)c1. The van der Waals surface area contributed by atoms with Crippen LogP contribution in [-0.2, 0) is 16.6 Å². The molecule has 0 aliphatic rings. The van der Waals surface area contributed by atoms with Crippen LogP contribution in [0, 0.1) is 0 Å². The molecule has 1 aromatic carbocycles. The predicted octanol–water partition coefficient (Wildman–Crippen LogP) is 1.19. The zero-order valence-electron chi connectivity index (χ0n) is 12.3. The Morgan fingerprint density at radius 1 is 1.35 bits per heavy atom. The normalized spacial score (nSPS) is 12.3. The van der Waals surface area contributed by atoms with Crippen LogP contribution in [0.15, 0.2) is 29.2 Å². The van der Waals surface area contributed by atoms with E-state index in [9.17, 15) is 8.42 Å². The lowest BCUT2D eigenvalue weighted by Gasteiger charge is -2.20. The third-order valence-corrected chi connectivity index (χ3v) is 4.71. The van der Waals surface area contributed by atoms with E-state index in [1.165, 1.54) is 12.1 Å². The van der Waals surface area contributed by atoms with E-state index in [1.54, 1.807) is 12.1 Å². The van der Waals surface area contributed by atoms with Crippen LogP contribution in [0.3, 0.4) is 0 Å². The zero-order chi connectivity index (χ0) is 15.2. The quantitative estimate of drug-likeness (QED) is 0.708. The second-order valence-corrected chi connectivity index (χ2v) is 6.90. The first-order valence-corrected chi connectivity index (χ1v) is 8.25. The van der Waals surface area contributed by atoms with Crippen molar-refractivity contribution in [2.75, 3.05) is 20.1 Å². The van der Waals surface area contributed by atoms with Gasteiger partial charge >= 0.3 is 0 Å². The van der Waals surface area contributed by atoms with Crippen LogP contribution in [0.4, 0.5) is 0 Å². The second kappa shape index (κ2) is 7.73. The average Bonchev–Trinajstić information content (AvgIpc) is 2.43. The molecule has 1 aromatic rings. The van der Waals surface area contributed by atoms with E-state index in [4.69, 9.17) is 5.11 Å². The molecule has 0 atom stereocenters. The van der Waals surface area contributed by atoms with Crippen molar-refractivity contribution in [3.63, 3.8) is 0 Å². The van der Waals surface area contributed by atoms with Gasteiger partial charge < -0.3 is 10.0 Å². The molecule has 0 aromatic heterocycles. The number of rotatable bonds is 8. The molecule has 0 saturated carbocycles. The maximum absolute atomic E-state index is 12.1. The van der Waals surface area contributed by atoms with Crippen molar-refractivity contribution in [2.45, 2.75) is 37.8 Å². The van der Waals surface area contributed by atoms with Crippen molar-refractivity contribution in [1.82, 2.24) is 9.62 Å². The third kappa shape index (κ3) is 5.20. The Hall–Kier alpha value is -0.950. The number of aliphatic hydroxyl groups excluding tert-OH is 1. The molecule has 0 amide bonds. The van der Waals surface area contributed by atoms with Crippen LogP contribution in [0.25, 0.3) is 0 Å². The van der Waals surface area contributed by atoms with Gasteiger partial charge in [-0.1, -0.05) is 12.1 Å². The number of hydrogen-bond donors (Lipinski definition) is 2. The Balaban J connectivity index is 2.53. The highest BCUT2D eigenvalue weighted by molar-refractivity contribution is 7.89. The first-order valence-electron chi connectivity index (χ1n) is 6.76. The Labute approximate surface area is 121 Å². The van der Waals surface area contributed by atoms with E-state index in [0.29, 0.717) is 18.2 Å². The molecule has 0 bridgehead atoms. The lowest BCUT2D eigenvalue weighted by molar-refractivity contribution is 0.271. The summed E-state index contributed by atoms with van der Waals surface area (Å²) >= 11 is 0. The highest BCUT2D eigenvalue weighted by Gasteiger charge is 2.13. The van der Waals surface area contributed by atoms with Crippen molar-refractivity contribution >= 4 is 10.0 Å². The summed E-state index contributed by atoms with van der Waals surface area (Å²) < 4.78 is 26.7. The molecule has 0 fully saturated rings. The van der Waals surface area contributed by atoms with Gasteiger partial charge in [0.1, 0.15) is 0 Å². The molecular weight excluding hydrogens is 276 g/mol. The second-order valence-electron chi connectivity index (χ2n) is 5.13. The lowest BCUT2D eigenvalue weighted by Crippen LogP contribution is -2.31. The van der Waals surface area contributed by atoms with E-state index in [1.807, 2.05) is 7.05 Å². The molecule has 1 rings (SSSR count). The fraction of sp³-hybridized carbons (Fsp3) is 0.571. The van der Waals surface area contributed by atoms with Crippen molar-refractivity contribution < 1.29 is 13.5 Å². The smallest absolute Gasteiger partial charge is 0.240 e.